The molecule has 0 radical (unpaired) electrons. The summed E-state index contributed by atoms with van der Waals surface area (Å²) in [5.41, 5.74) is 6.81. The number of hydrogen-bond donors (Lipinski definition) is 1. The van der Waals surface area contributed by atoms with E-state index in [0.29, 0.717) is 6.04 Å². The highest BCUT2D eigenvalue weighted by Crippen LogP contribution is 2.09. The van der Waals surface area contributed by atoms with Crippen LogP contribution >= 0.6 is 0 Å². The Hall–Kier alpha value is -0.910. The van der Waals surface area contributed by atoms with E-state index in [1.54, 1.807) is 0 Å². The minimum atomic E-state index is 0.443. The van der Waals surface area contributed by atoms with Gasteiger partial charge in [-0.3, -0.25) is 9.58 Å². The summed E-state index contributed by atoms with van der Waals surface area (Å²) in [6, 6.07) is 2.58. The Bertz CT molecular complexity index is 374. The second-order valence-electron chi connectivity index (χ2n) is 5.64. The predicted molar refractivity (Wildman–Crippen MR) is 78.0 cm³/mol. The minimum Gasteiger partial charge on any atom is -0.329 e. The van der Waals surface area contributed by atoms with Crippen molar-refractivity contribution < 1.29 is 0 Å². The fraction of sp³-hybridized carbons (Fsp3) is 0.786. The molecule has 1 aromatic heterocycles. The monoisotopic (exact) mass is 265 g/mol. The van der Waals surface area contributed by atoms with Crippen molar-refractivity contribution in [3.05, 3.63) is 18.0 Å². The molecule has 1 aliphatic rings. The lowest BCUT2D eigenvalue weighted by atomic mass is 10.3. The Balaban J connectivity index is 1.85. The zero-order chi connectivity index (χ0) is 13.7. The molecule has 5 heteroatoms. The van der Waals surface area contributed by atoms with Crippen molar-refractivity contribution in [3.8, 4) is 0 Å². The fourth-order valence-corrected chi connectivity index (χ4v) is 2.57. The van der Waals surface area contributed by atoms with Gasteiger partial charge in [-0.25, -0.2) is 0 Å². The van der Waals surface area contributed by atoms with Gasteiger partial charge in [0, 0.05) is 45.0 Å². The molecule has 0 unspecified atom stereocenters. The number of aromatic nitrogens is 2. The standard InChI is InChI=1S/C14H27N5/c1-13(2)19-8-4-14(16-19)12-18-7-3-6-17(9-5-15)10-11-18/h4,8,13H,3,5-7,9-12,15H2,1-2H3. The molecule has 0 aromatic carbocycles. The molecule has 1 aromatic rings. The molecule has 2 rings (SSSR count). The predicted octanol–water partition coefficient (Wildman–Crippen LogP) is 0.930. The third kappa shape index (κ3) is 4.30. The number of hydrogen-bond acceptors (Lipinski definition) is 4. The lowest BCUT2D eigenvalue weighted by Gasteiger charge is -2.20. The molecule has 108 valence electrons. The van der Waals surface area contributed by atoms with Crippen LogP contribution in [0.1, 0.15) is 32.0 Å². The summed E-state index contributed by atoms with van der Waals surface area (Å²) >= 11 is 0. The average Bonchev–Trinajstić information content (AvgIpc) is 2.73. The molecule has 5 nitrogen and oxygen atoms in total. The van der Waals surface area contributed by atoms with Crippen LogP contribution in [-0.2, 0) is 6.54 Å². The summed E-state index contributed by atoms with van der Waals surface area (Å²) in [6.45, 7) is 11.7. The Morgan fingerprint density at radius 3 is 2.63 bits per heavy atom. The third-order valence-electron chi connectivity index (χ3n) is 3.70. The van der Waals surface area contributed by atoms with E-state index in [-0.39, 0.29) is 0 Å². The highest BCUT2D eigenvalue weighted by atomic mass is 15.3. The molecule has 0 spiro atoms. The van der Waals surface area contributed by atoms with Gasteiger partial charge in [-0.15, -0.1) is 0 Å². The van der Waals surface area contributed by atoms with E-state index in [0.717, 1.165) is 39.3 Å². The van der Waals surface area contributed by atoms with E-state index in [1.807, 2.05) is 4.68 Å². The first kappa shape index (κ1) is 14.5. The van der Waals surface area contributed by atoms with E-state index in [4.69, 9.17) is 5.73 Å². The van der Waals surface area contributed by atoms with E-state index in [2.05, 4.69) is 41.0 Å². The van der Waals surface area contributed by atoms with Gasteiger partial charge < -0.3 is 10.6 Å². The van der Waals surface area contributed by atoms with Crippen molar-refractivity contribution in [1.29, 1.82) is 0 Å². The van der Waals surface area contributed by atoms with Crippen LogP contribution < -0.4 is 5.73 Å². The highest BCUT2D eigenvalue weighted by Gasteiger charge is 2.15. The molecule has 1 aliphatic heterocycles. The van der Waals surface area contributed by atoms with Crippen LogP contribution in [0.3, 0.4) is 0 Å². The topological polar surface area (TPSA) is 50.3 Å². The van der Waals surface area contributed by atoms with Gasteiger partial charge in [0.05, 0.1) is 5.69 Å². The van der Waals surface area contributed by atoms with Crippen molar-refractivity contribution >= 4 is 0 Å². The van der Waals surface area contributed by atoms with Crippen molar-refractivity contribution in [3.63, 3.8) is 0 Å². The zero-order valence-corrected chi connectivity index (χ0v) is 12.3. The van der Waals surface area contributed by atoms with E-state index < -0.39 is 0 Å². The fourth-order valence-electron chi connectivity index (χ4n) is 2.57. The van der Waals surface area contributed by atoms with Crippen LogP contribution in [0, 0.1) is 0 Å². The molecule has 0 atom stereocenters. The largest absolute Gasteiger partial charge is 0.329 e. The second kappa shape index (κ2) is 7.03. The Morgan fingerprint density at radius 2 is 1.95 bits per heavy atom. The summed E-state index contributed by atoms with van der Waals surface area (Å²) in [7, 11) is 0. The van der Waals surface area contributed by atoms with Gasteiger partial charge in [0.1, 0.15) is 0 Å². The van der Waals surface area contributed by atoms with Crippen LogP contribution in [-0.4, -0.2) is 58.8 Å². The quantitative estimate of drug-likeness (QED) is 0.860. The summed E-state index contributed by atoms with van der Waals surface area (Å²) in [6.07, 6.45) is 3.31. The van der Waals surface area contributed by atoms with Gasteiger partial charge in [0.15, 0.2) is 0 Å². The molecule has 1 fully saturated rings. The Labute approximate surface area is 116 Å². The lowest BCUT2D eigenvalue weighted by molar-refractivity contribution is 0.252. The SMILES string of the molecule is CC(C)n1ccc(CN2CCCN(CCN)CC2)n1. The van der Waals surface area contributed by atoms with Crippen LogP contribution in [0.4, 0.5) is 0 Å². The summed E-state index contributed by atoms with van der Waals surface area (Å²) in [5, 5.41) is 4.63. The minimum absolute atomic E-state index is 0.443. The second-order valence-corrected chi connectivity index (χ2v) is 5.64. The maximum absolute atomic E-state index is 5.63. The molecule has 1 saturated heterocycles. The highest BCUT2D eigenvalue weighted by molar-refractivity contribution is 4.99. The summed E-state index contributed by atoms with van der Waals surface area (Å²) in [5.74, 6) is 0. The number of rotatable bonds is 5. The molecule has 0 bridgehead atoms. The number of nitrogens with two attached hydrogens (primary N) is 1. The molecule has 19 heavy (non-hydrogen) atoms. The molecule has 2 heterocycles. The van der Waals surface area contributed by atoms with Crippen LogP contribution in [0.15, 0.2) is 12.3 Å². The van der Waals surface area contributed by atoms with Gasteiger partial charge >= 0.3 is 0 Å². The maximum atomic E-state index is 5.63. The Kier molecular flexibility index (Phi) is 5.36. The number of nitrogens with zero attached hydrogens (tertiary/aromatic N) is 4. The summed E-state index contributed by atoms with van der Waals surface area (Å²) in [4.78, 5) is 4.97. The molecular weight excluding hydrogens is 238 g/mol. The van der Waals surface area contributed by atoms with Crippen molar-refractivity contribution in [2.75, 3.05) is 39.3 Å². The van der Waals surface area contributed by atoms with E-state index in [9.17, 15) is 0 Å². The Morgan fingerprint density at radius 1 is 1.21 bits per heavy atom. The molecule has 2 N–H and O–H groups in total. The van der Waals surface area contributed by atoms with Gasteiger partial charge in [-0.2, -0.15) is 5.10 Å². The first-order valence-electron chi connectivity index (χ1n) is 7.38. The summed E-state index contributed by atoms with van der Waals surface area (Å²) < 4.78 is 2.04. The van der Waals surface area contributed by atoms with E-state index >= 15 is 0 Å². The third-order valence-corrected chi connectivity index (χ3v) is 3.70. The normalized spacial score (nSPS) is 18.9. The zero-order valence-electron chi connectivity index (χ0n) is 12.3. The smallest absolute Gasteiger partial charge is 0.0764 e. The van der Waals surface area contributed by atoms with Crippen LogP contribution in [0.25, 0.3) is 0 Å². The first-order chi connectivity index (χ1) is 9.19. The van der Waals surface area contributed by atoms with Crippen LogP contribution in [0.2, 0.25) is 0 Å². The van der Waals surface area contributed by atoms with Gasteiger partial charge in [-0.1, -0.05) is 0 Å². The van der Waals surface area contributed by atoms with Crippen molar-refractivity contribution in [2.24, 2.45) is 5.73 Å². The van der Waals surface area contributed by atoms with Gasteiger partial charge in [0.2, 0.25) is 0 Å². The molecule has 0 saturated carbocycles. The molecule has 0 amide bonds. The van der Waals surface area contributed by atoms with Crippen LogP contribution in [0.5, 0.6) is 0 Å². The van der Waals surface area contributed by atoms with E-state index in [1.165, 1.54) is 18.7 Å². The maximum Gasteiger partial charge on any atom is 0.0764 e. The first-order valence-corrected chi connectivity index (χ1v) is 7.38. The average molecular weight is 265 g/mol. The van der Waals surface area contributed by atoms with Crippen molar-refractivity contribution in [2.45, 2.75) is 32.9 Å². The van der Waals surface area contributed by atoms with Gasteiger partial charge in [-0.05, 0) is 39.4 Å². The molecule has 0 aliphatic carbocycles. The van der Waals surface area contributed by atoms with Gasteiger partial charge in [0.25, 0.3) is 0 Å². The lowest BCUT2D eigenvalue weighted by Crippen LogP contribution is -2.33. The van der Waals surface area contributed by atoms with Crippen molar-refractivity contribution in [1.82, 2.24) is 19.6 Å². The molecular formula is C14H27N5.